The molecule has 2 aromatic rings. The normalized spacial score (nSPS) is 17.0. The van der Waals surface area contributed by atoms with Crippen molar-refractivity contribution in [2.75, 3.05) is 6.61 Å². The Morgan fingerprint density at radius 2 is 2.21 bits per heavy atom. The van der Waals surface area contributed by atoms with E-state index >= 15 is 0 Å². The van der Waals surface area contributed by atoms with Crippen molar-refractivity contribution in [2.24, 2.45) is 0 Å². The lowest BCUT2D eigenvalue weighted by atomic mass is 10.2. The van der Waals surface area contributed by atoms with E-state index in [1.807, 2.05) is 13.8 Å². The summed E-state index contributed by atoms with van der Waals surface area (Å²) in [6.07, 6.45) is 1.96. The first kappa shape index (κ1) is 12.8. The Kier molecular flexibility index (Phi) is 2.96. The maximum absolute atomic E-state index is 12.1. The van der Waals surface area contributed by atoms with Gasteiger partial charge in [0.2, 0.25) is 0 Å². The summed E-state index contributed by atoms with van der Waals surface area (Å²) >= 11 is 1.55. The lowest BCUT2D eigenvalue weighted by Gasteiger charge is -2.13. The van der Waals surface area contributed by atoms with Crippen LogP contribution in [-0.4, -0.2) is 27.2 Å². The fraction of sp³-hybridized carbons (Fsp3) is 0.538. The van der Waals surface area contributed by atoms with Gasteiger partial charge >= 0.3 is 0 Å². The maximum Gasteiger partial charge on any atom is 0.259 e. The summed E-state index contributed by atoms with van der Waals surface area (Å²) in [7, 11) is 0. The second kappa shape index (κ2) is 4.40. The van der Waals surface area contributed by atoms with E-state index in [-0.39, 0.29) is 17.7 Å². The van der Waals surface area contributed by atoms with Crippen LogP contribution in [0.3, 0.4) is 0 Å². The van der Waals surface area contributed by atoms with Gasteiger partial charge in [0, 0.05) is 10.4 Å². The predicted molar refractivity (Wildman–Crippen MR) is 75.6 cm³/mol. The molecule has 0 saturated heterocycles. The number of aromatic amines is 1. The van der Waals surface area contributed by atoms with Gasteiger partial charge in [-0.15, -0.1) is 11.3 Å². The highest BCUT2D eigenvalue weighted by Gasteiger charge is 2.41. The van der Waals surface area contributed by atoms with E-state index in [0.717, 1.165) is 28.1 Å². The van der Waals surface area contributed by atoms with Gasteiger partial charge in [-0.25, -0.2) is 4.98 Å². The molecule has 3 rings (SSSR count). The van der Waals surface area contributed by atoms with E-state index in [1.165, 1.54) is 0 Å². The Morgan fingerprint density at radius 3 is 2.84 bits per heavy atom. The zero-order valence-corrected chi connectivity index (χ0v) is 11.9. The number of aromatic nitrogens is 2. The molecule has 1 aliphatic carbocycles. The number of aliphatic hydroxyl groups excluding tert-OH is 1. The zero-order chi connectivity index (χ0) is 13.6. The molecule has 0 radical (unpaired) electrons. The predicted octanol–water partition coefficient (Wildman–Crippen LogP) is 1.22. The van der Waals surface area contributed by atoms with Crippen LogP contribution in [0.5, 0.6) is 0 Å². The molecule has 1 fully saturated rings. The number of fused-ring (bicyclic) bond motifs is 1. The fourth-order valence-corrected chi connectivity index (χ4v) is 3.24. The first-order chi connectivity index (χ1) is 9.04. The summed E-state index contributed by atoms with van der Waals surface area (Å²) in [5.74, 6) is 0.637. The van der Waals surface area contributed by atoms with Gasteiger partial charge in [-0.3, -0.25) is 4.79 Å². The van der Waals surface area contributed by atoms with Crippen molar-refractivity contribution in [3.63, 3.8) is 0 Å². The summed E-state index contributed by atoms with van der Waals surface area (Å²) in [5.41, 5.74) is 0.800. The van der Waals surface area contributed by atoms with Crippen LogP contribution in [-0.2, 0) is 6.54 Å². The van der Waals surface area contributed by atoms with Crippen LogP contribution in [0.25, 0.3) is 10.2 Å². The minimum absolute atomic E-state index is 0.0718. The Balaban J connectivity index is 1.91. The lowest BCUT2D eigenvalue weighted by molar-refractivity contribution is 0.229. The summed E-state index contributed by atoms with van der Waals surface area (Å²) in [4.78, 5) is 21.3. The van der Waals surface area contributed by atoms with Gasteiger partial charge < -0.3 is 15.4 Å². The Hall–Kier alpha value is -1.24. The number of aryl methyl sites for hydroxylation is 2. The van der Waals surface area contributed by atoms with Gasteiger partial charge in [0.05, 0.1) is 18.5 Å². The second-order valence-electron chi connectivity index (χ2n) is 5.27. The molecular weight excluding hydrogens is 262 g/mol. The van der Waals surface area contributed by atoms with E-state index in [4.69, 9.17) is 0 Å². The highest BCUT2D eigenvalue weighted by molar-refractivity contribution is 7.18. The molecule has 5 nitrogen and oxygen atoms in total. The molecule has 2 heterocycles. The number of hydrogen-bond donors (Lipinski definition) is 3. The largest absolute Gasteiger partial charge is 0.394 e. The van der Waals surface area contributed by atoms with Crippen LogP contribution in [0.15, 0.2) is 4.79 Å². The van der Waals surface area contributed by atoms with Crippen LogP contribution in [0, 0.1) is 13.8 Å². The third-order valence-corrected chi connectivity index (χ3v) is 4.98. The van der Waals surface area contributed by atoms with Crippen LogP contribution >= 0.6 is 11.3 Å². The van der Waals surface area contributed by atoms with Gasteiger partial charge in [0.1, 0.15) is 10.7 Å². The summed E-state index contributed by atoms with van der Waals surface area (Å²) < 4.78 is 0. The van der Waals surface area contributed by atoms with Gasteiger partial charge in [0.25, 0.3) is 5.56 Å². The van der Waals surface area contributed by atoms with Crippen LogP contribution in [0.4, 0.5) is 0 Å². The summed E-state index contributed by atoms with van der Waals surface area (Å²) in [6, 6.07) is 0. The van der Waals surface area contributed by atoms with Crippen molar-refractivity contribution in [2.45, 2.75) is 38.8 Å². The quantitative estimate of drug-likeness (QED) is 0.786. The van der Waals surface area contributed by atoms with Crippen molar-refractivity contribution in [3.8, 4) is 0 Å². The molecule has 0 atom stereocenters. The monoisotopic (exact) mass is 279 g/mol. The van der Waals surface area contributed by atoms with Gasteiger partial charge in [-0.05, 0) is 32.3 Å². The molecule has 0 bridgehead atoms. The number of H-pyrrole nitrogens is 1. The molecule has 0 spiro atoms. The van der Waals surface area contributed by atoms with Crippen molar-refractivity contribution < 1.29 is 5.11 Å². The molecule has 0 unspecified atom stereocenters. The average molecular weight is 279 g/mol. The molecule has 0 aliphatic heterocycles. The van der Waals surface area contributed by atoms with Crippen LogP contribution in [0.1, 0.15) is 29.1 Å². The Bertz CT molecular complexity index is 685. The van der Waals surface area contributed by atoms with Crippen molar-refractivity contribution in [3.05, 3.63) is 26.6 Å². The third kappa shape index (κ3) is 2.20. The van der Waals surface area contributed by atoms with E-state index in [1.54, 1.807) is 11.3 Å². The van der Waals surface area contributed by atoms with Gasteiger partial charge in [-0.1, -0.05) is 0 Å². The topological polar surface area (TPSA) is 78.0 Å². The number of nitrogens with one attached hydrogen (secondary N) is 2. The van der Waals surface area contributed by atoms with E-state index < -0.39 is 0 Å². The van der Waals surface area contributed by atoms with Crippen molar-refractivity contribution in [1.29, 1.82) is 0 Å². The number of thiophene rings is 1. The highest BCUT2D eigenvalue weighted by Crippen LogP contribution is 2.34. The molecule has 2 aromatic heterocycles. The molecular formula is C13H17N3O2S. The molecule has 1 saturated carbocycles. The summed E-state index contributed by atoms with van der Waals surface area (Å²) in [5, 5.41) is 13.2. The third-order valence-electron chi connectivity index (χ3n) is 3.88. The SMILES string of the molecule is Cc1sc2nc(CNC3(CO)CC3)[nH]c(=O)c2c1C. The summed E-state index contributed by atoms with van der Waals surface area (Å²) in [6.45, 7) is 4.58. The average Bonchev–Trinajstić information content (AvgIpc) is 3.10. The smallest absolute Gasteiger partial charge is 0.259 e. The zero-order valence-electron chi connectivity index (χ0n) is 11.0. The Morgan fingerprint density at radius 1 is 1.47 bits per heavy atom. The van der Waals surface area contributed by atoms with Crippen LogP contribution < -0.4 is 10.9 Å². The molecule has 1 aliphatic rings. The van der Waals surface area contributed by atoms with Crippen molar-refractivity contribution >= 4 is 21.6 Å². The second-order valence-corrected chi connectivity index (χ2v) is 6.47. The molecule has 6 heteroatoms. The first-order valence-electron chi connectivity index (χ1n) is 6.39. The molecule has 19 heavy (non-hydrogen) atoms. The van der Waals surface area contributed by atoms with Crippen molar-refractivity contribution in [1.82, 2.24) is 15.3 Å². The number of rotatable bonds is 4. The van der Waals surface area contributed by atoms with E-state index in [0.29, 0.717) is 17.8 Å². The lowest BCUT2D eigenvalue weighted by Crippen LogP contribution is -2.35. The first-order valence-corrected chi connectivity index (χ1v) is 7.21. The van der Waals surface area contributed by atoms with E-state index in [9.17, 15) is 9.90 Å². The number of aliphatic hydroxyl groups is 1. The maximum atomic E-state index is 12.1. The number of nitrogens with zero attached hydrogens (tertiary/aromatic N) is 1. The molecule has 102 valence electrons. The minimum Gasteiger partial charge on any atom is -0.394 e. The van der Waals surface area contributed by atoms with Gasteiger partial charge in [-0.2, -0.15) is 0 Å². The minimum atomic E-state index is -0.144. The standard InChI is InChI=1S/C13H17N3O2S/c1-7-8(2)19-12-10(7)11(18)15-9(16-12)5-14-13(6-17)3-4-13/h14,17H,3-6H2,1-2H3,(H,15,16,18). The van der Waals surface area contributed by atoms with E-state index in [2.05, 4.69) is 15.3 Å². The molecule has 0 amide bonds. The number of hydrogen-bond acceptors (Lipinski definition) is 5. The highest BCUT2D eigenvalue weighted by atomic mass is 32.1. The fourth-order valence-electron chi connectivity index (χ4n) is 2.20. The Labute approximate surface area is 114 Å². The van der Waals surface area contributed by atoms with Gasteiger partial charge in [0.15, 0.2) is 0 Å². The van der Waals surface area contributed by atoms with Crippen LogP contribution in [0.2, 0.25) is 0 Å². The molecule has 0 aromatic carbocycles. The molecule has 3 N–H and O–H groups in total.